The van der Waals surface area contributed by atoms with Gasteiger partial charge in [0.2, 0.25) is 18.2 Å². The lowest BCUT2D eigenvalue weighted by atomic mass is 9.66. The minimum Gasteiger partial charge on any atom is -0.381 e. The highest BCUT2D eigenvalue weighted by molar-refractivity contribution is 8.00. The summed E-state index contributed by atoms with van der Waals surface area (Å²) in [4.78, 5) is 28.1. The molecule has 5 aliphatic rings. The van der Waals surface area contributed by atoms with Gasteiger partial charge in [-0.15, -0.1) is 11.8 Å². The number of likely N-dealkylation sites (tertiary alicyclic amines) is 1. The van der Waals surface area contributed by atoms with E-state index in [0.29, 0.717) is 25.7 Å². The van der Waals surface area contributed by atoms with Gasteiger partial charge >= 0.3 is 0 Å². The highest BCUT2D eigenvalue weighted by Crippen LogP contribution is 2.43. The van der Waals surface area contributed by atoms with Crippen LogP contribution in [0.3, 0.4) is 0 Å². The molecule has 0 spiro atoms. The Morgan fingerprint density at radius 3 is 2.62 bits per heavy atom. The molecule has 5 fully saturated rings. The monoisotopic (exact) mass is 539 g/mol. The highest BCUT2D eigenvalue weighted by atomic mass is 32.2. The molecular formula is C26H39F2N5O3S. The van der Waals surface area contributed by atoms with Crippen molar-refractivity contribution in [3.63, 3.8) is 0 Å². The average molecular weight is 540 g/mol. The number of fused-ring (bicyclic) bond motifs is 1. The predicted molar refractivity (Wildman–Crippen MR) is 135 cm³/mol. The number of carbonyl (C=O) groups excluding carboxylic acids is 2. The van der Waals surface area contributed by atoms with Gasteiger partial charge in [-0.05, 0) is 57.3 Å². The molecule has 3 aliphatic heterocycles. The lowest BCUT2D eigenvalue weighted by Gasteiger charge is -2.44. The SMILES string of the molecule is COC1CCC(C#N)CC1C1CC(C)NCC1C(=O)NC1NC2CN(C(=O)C3CC(C(F)F)C3)CC2S1. The number of nitriles is 1. The van der Waals surface area contributed by atoms with E-state index in [4.69, 9.17) is 4.74 Å². The number of thioether (sulfide) groups is 1. The Balaban J connectivity index is 1.15. The van der Waals surface area contributed by atoms with Crippen molar-refractivity contribution in [3.8, 4) is 6.07 Å². The second kappa shape index (κ2) is 11.3. The van der Waals surface area contributed by atoms with E-state index in [1.165, 1.54) is 0 Å². The van der Waals surface area contributed by atoms with Crippen molar-refractivity contribution in [2.75, 3.05) is 26.7 Å². The van der Waals surface area contributed by atoms with Gasteiger partial charge < -0.3 is 20.3 Å². The Bertz CT molecular complexity index is 886. The maximum atomic E-state index is 13.5. The number of ether oxygens (including phenoxy) is 1. The molecule has 2 aliphatic carbocycles. The van der Waals surface area contributed by atoms with Gasteiger partial charge in [-0.2, -0.15) is 5.26 Å². The molecular weight excluding hydrogens is 500 g/mol. The number of carbonyl (C=O) groups is 2. The van der Waals surface area contributed by atoms with Crippen molar-refractivity contribution in [2.24, 2.45) is 35.5 Å². The van der Waals surface area contributed by atoms with Gasteiger partial charge in [0.15, 0.2) is 0 Å². The van der Waals surface area contributed by atoms with Gasteiger partial charge in [0.05, 0.1) is 18.1 Å². The zero-order chi connectivity index (χ0) is 26.3. The van der Waals surface area contributed by atoms with Crippen molar-refractivity contribution >= 4 is 23.6 Å². The zero-order valence-corrected chi connectivity index (χ0v) is 22.4. The van der Waals surface area contributed by atoms with Crippen LogP contribution in [0, 0.1) is 46.8 Å². The number of methoxy groups -OCH3 is 1. The Kier molecular flexibility index (Phi) is 8.30. The first-order valence-electron chi connectivity index (χ1n) is 13.7. The number of halogens is 2. The predicted octanol–water partition coefficient (Wildman–Crippen LogP) is 2.16. The van der Waals surface area contributed by atoms with Crippen LogP contribution in [0.15, 0.2) is 0 Å². The average Bonchev–Trinajstić information content (AvgIpc) is 3.41. The Hall–Kier alpha value is -1.48. The number of rotatable bonds is 6. The summed E-state index contributed by atoms with van der Waals surface area (Å²) in [5.41, 5.74) is -0.219. The van der Waals surface area contributed by atoms with Crippen molar-refractivity contribution in [1.29, 1.82) is 5.26 Å². The minimum atomic E-state index is -2.34. The van der Waals surface area contributed by atoms with Crippen LogP contribution in [0.5, 0.6) is 0 Å². The summed E-state index contributed by atoms with van der Waals surface area (Å²) >= 11 is 1.64. The van der Waals surface area contributed by atoms with Crippen LogP contribution in [0.2, 0.25) is 0 Å². The van der Waals surface area contributed by atoms with Crippen molar-refractivity contribution in [3.05, 3.63) is 0 Å². The molecule has 3 N–H and O–H groups in total. The molecule has 9 atom stereocenters. The fourth-order valence-electron chi connectivity index (χ4n) is 7.23. The summed E-state index contributed by atoms with van der Waals surface area (Å²) < 4.78 is 31.4. The Morgan fingerprint density at radius 1 is 1.16 bits per heavy atom. The molecule has 11 heteroatoms. The lowest BCUT2D eigenvalue weighted by Crippen LogP contribution is -2.55. The smallest absolute Gasteiger partial charge is 0.241 e. The van der Waals surface area contributed by atoms with Crippen molar-refractivity contribution in [1.82, 2.24) is 20.9 Å². The fraction of sp³-hybridized carbons (Fsp3) is 0.885. The van der Waals surface area contributed by atoms with Crippen LogP contribution in [-0.2, 0) is 14.3 Å². The van der Waals surface area contributed by atoms with Crippen LogP contribution in [-0.4, -0.2) is 78.8 Å². The maximum Gasteiger partial charge on any atom is 0.241 e. The van der Waals surface area contributed by atoms with Gasteiger partial charge in [-0.3, -0.25) is 14.9 Å². The molecule has 206 valence electrons. The second-order valence-corrected chi connectivity index (χ2v) is 13.1. The first-order valence-corrected chi connectivity index (χ1v) is 14.7. The molecule has 0 bridgehead atoms. The summed E-state index contributed by atoms with van der Waals surface area (Å²) in [7, 11) is 1.73. The number of piperidine rings is 1. The van der Waals surface area contributed by atoms with Gasteiger partial charge in [0.25, 0.3) is 0 Å². The quantitative estimate of drug-likeness (QED) is 0.475. The van der Waals surface area contributed by atoms with Crippen molar-refractivity contribution < 1.29 is 23.1 Å². The van der Waals surface area contributed by atoms with E-state index in [0.717, 1.165) is 25.7 Å². The summed E-state index contributed by atoms with van der Waals surface area (Å²) in [6.45, 7) is 3.89. The molecule has 0 radical (unpaired) electrons. The Labute approximate surface area is 222 Å². The molecule has 5 rings (SSSR count). The van der Waals surface area contributed by atoms with E-state index in [-0.39, 0.29) is 77.1 Å². The number of hydrogen-bond acceptors (Lipinski definition) is 7. The van der Waals surface area contributed by atoms with Crippen molar-refractivity contribution in [2.45, 2.75) is 80.8 Å². The third-order valence-corrected chi connectivity index (χ3v) is 10.8. The highest BCUT2D eigenvalue weighted by Gasteiger charge is 2.49. The number of alkyl halides is 2. The molecule has 9 unspecified atom stereocenters. The normalized spacial score (nSPS) is 43.7. The first kappa shape index (κ1) is 27.1. The summed E-state index contributed by atoms with van der Waals surface area (Å²) in [5, 5.41) is 19.9. The second-order valence-electron chi connectivity index (χ2n) is 11.7. The molecule has 8 nitrogen and oxygen atoms in total. The summed E-state index contributed by atoms with van der Waals surface area (Å²) in [6, 6.07) is 2.83. The van der Waals surface area contributed by atoms with E-state index >= 15 is 0 Å². The van der Waals surface area contributed by atoms with E-state index in [9.17, 15) is 23.6 Å². The molecule has 2 amide bonds. The van der Waals surface area contributed by atoms with E-state index < -0.39 is 12.3 Å². The molecule has 0 aromatic rings. The number of amides is 2. The van der Waals surface area contributed by atoms with Crippen LogP contribution in [0.4, 0.5) is 8.78 Å². The lowest BCUT2D eigenvalue weighted by molar-refractivity contribution is -0.141. The third-order valence-electron chi connectivity index (χ3n) is 9.44. The van der Waals surface area contributed by atoms with Crippen LogP contribution < -0.4 is 16.0 Å². The summed E-state index contributed by atoms with van der Waals surface area (Å²) in [6.07, 6.45) is 1.67. The fourth-order valence-corrected chi connectivity index (χ4v) is 8.64. The third kappa shape index (κ3) is 5.63. The molecule has 0 aromatic heterocycles. The van der Waals surface area contributed by atoms with Crippen LogP contribution >= 0.6 is 11.8 Å². The Morgan fingerprint density at radius 2 is 1.95 bits per heavy atom. The van der Waals surface area contributed by atoms with Gasteiger partial charge in [0.1, 0.15) is 5.50 Å². The van der Waals surface area contributed by atoms with Crippen LogP contribution in [0.25, 0.3) is 0 Å². The van der Waals surface area contributed by atoms with Gasteiger partial charge in [-0.25, -0.2) is 8.78 Å². The van der Waals surface area contributed by atoms with Gasteiger partial charge in [0, 0.05) is 61.8 Å². The largest absolute Gasteiger partial charge is 0.381 e. The molecule has 0 aromatic carbocycles. The number of hydrogen-bond donors (Lipinski definition) is 3. The first-order chi connectivity index (χ1) is 17.8. The summed E-state index contributed by atoms with van der Waals surface area (Å²) in [5.74, 6) is -0.740. The van der Waals surface area contributed by atoms with Crippen LogP contribution in [0.1, 0.15) is 45.4 Å². The number of nitrogens with one attached hydrogen (secondary N) is 3. The van der Waals surface area contributed by atoms with Gasteiger partial charge in [-0.1, -0.05) is 0 Å². The zero-order valence-electron chi connectivity index (χ0n) is 21.6. The molecule has 37 heavy (non-hydrogen) atoms. The van der Waals surface area contributed by atoms with E-state index in [1.54, 1.807) is 18.9 Å². The minimum absolute atomic E-state index is 0.00428. The standard InChI is InChI=1S/C26H39F2N5O3S/c1-13-5-17(18-6-14(9-29)3-4-21(18)36-2)19(10-30-13)24(34)32-26-31-20-11-33(12-22(20)37-26)25(35)16-7-15(8-16)23(27)28/h13-23,26,30-31H,3-8,10-12H2,1-2H3,(H,32,34). The molecule has 3 saturated heterocycles. The van der Waals surface area contributed by atoms with E-state index in [2.05, 4.69) is 28.9 Å². The molecule has 3 heterocycles. The van der Waals surface area contributed by atoms with E-state index in [1.807, 2.05) is 4.90 Å². The maximum absolute atomic E-state index is 13.5. The topological polar surface area (TPSA) is 106 Å². The molecule has 2 saturated carbocycles. The number of nitrogens with zero attached hydrogens (tertiary/aromatic N) is 2.